The van der Waals surface area contributed by atoms with Gasteiger partial charge in [0.05, 0.1) is 23.4 Å². The third-order valence-electron chi connectivity index (χ3n) is 2.43. The maximum atomic E-state index is 12.9. The van der Waals surface area contributed by atoms with E-state index < -0.39 is 28.0 Å². The van der Waals surface area contributed by atoms with Crippen molar-refractivity contribution in [3.05, 3.63) is 34.0 Å². The molecule has 22 heavy (non-hydrogen) atoms. The molecule has 0 fully saturated rings. The first-order valence-electron chi connectivity index (χ1n) is 5.44. The summed E-state index contributed by atoms with van der Waals surface area (Å²) in [6.07, 6.45) is -4.74. The number of nitrogens with zero attached hydrogens (tertiary/aromatic N) is 3. The molecule has 1 rings (SSSR count). The molecular formula is C13H6ClF3N4O. The van der Waals surface area contributed by atoms with Crippen molar-refractivity contribution in [3.63, 3.8) is 0 Å². The van der Waals surface area contributed by atoms with Gasteiger partial charge >= 0.3 is 6.18 Å². The van der Waals surface area contributed by atoms with Crippen LogP contribution in [-0.2, 0) is 6.18 Å². The molecule has 0 radical (unpaired) electrons. The summed E-state index contributed by atoms with van der Waals surface area (Å²) in [5, 5.41) is 27.8. The van der Waals surface area contributed by atoms with Crippen molar-refractivity contribution < 1.29 is 17.9 Å². The first kappa shape index (κ1) is 17.2. The molecule has 0 saturated heterocycles. The van der Waals surface area contributed by atoms with Gasteiger partial charge in [-0.25, -0.2) is 0 Å². The van der Waals surface area contributed by atoms with E-state index in [2.05, 4.69) is 5.32 Å². The Kier molecular flexibility index (Phi) is 5.23. The van der Waals surface area contributed by atoms with Crippen LogP contribution >= 0.6 is 11.6 Å². The summed E-state index contributed by atoms with van der Waals surface area (Å²) in [5.74, 6) is -0.160. The van der Waals surface area contributed by atoms with Crippen molar-refractivity contribution in [2.75, 3.05) is 12.4 Å². The number of methoxy groups -OCH3 is 1. The van der Waals surface area contributed by atoms with E-state index in [1.807, 2.05) is 0 Å². The van der Waals surface area contributed by atoms with E-state index in [9.17, 15) is 13.2 Å². The highest BCUT2D eigenvalue weighted by atomic mass is 35.5. The van der Waals surface area contributed by atoms with Crippen LogP contribution in [0.3, 0.4) is 0 Å². The molecule has 0 atom stereocenters. The number of hydrogen-bond donors (Lipinski definition) is 1. The number of halogens is 4. The van der Waals surface area contributed by atoms with E-state index in [-0.39, 0.29) is 11.4 Å². The number of ether oxygens (including phenoxy) is 1. The van der Waals surface area contributed by atoms with Crippen LogP contribution in [0.1, 0.15) is 5.56 Å². The lowest BCUT2D eigenvalue weighted by molar-refractivity contribution is -0.137. The summed E-state index contributed by atoms with van der Waals surface area (Å²) in [6, 6.07) is 6.23. The highest BCUT2D eigenvalue weighted by Crippen LogP contribution is 2.41. The van der Waals surface area contributed by atoms with E-state index in [4.69, 9.17) is 32.1 Å². The maximum Gasteiger partial charge on any atom is 0.418 e. The quantitative estimate of drug-likeness (QED) is 0.856. The lowest BCUT2D eigenvalue weighted by atomic mass is 10.1. The van der Waals surface area contributed by atoms with Gasteiger partial charge in [0.25, 0.3) is 0 Å². The minimum absolute atomic E-state index is 0.160. The molecular weight excluding hydrogens is 321 g/mol. The molecule has 0 bridgehead atoms. The Hall–Kier alpha value is -2.89. The zero-order chi connectivity index (χ0) is 16.9. The average molecular weight is 327 g/mol. The molecule has 1 aromatic carbocycles. The summed E-state index contributed by atoms with van der Waals surface area (Å²) >= 11 is 5.68. The van der Waals surface area contributed by atoms with Gasteiger partial charge in [-0.15, -0.1) is 0 Å². The molecule has 1 aromatic rings. The fraction of sp³-hybridized carbons (Fsp3) is 0.154. The topological polar surface area (TPSA) is 92.6 Å². The number of benzene rings is 1. The summed E-state index contributed by atoms with van der Waals surface area (Å²) in [5.41, 5.74) is -2.60. The standard InChI is InChI=1S/C13H6ClF3N4O/c1-22-8-2-9(13(15,16)17)12(14)10(3-8)21-11(6-20)7(4-18)5-19/h2-3,21H,1H3. The third kappa shape index (κ3) is 3.60. The predicted molar refractivity (Wildman–Crippen MR) is 70.5 cm³/mol. The molecule has 0 unspecified atom stereocenters. The fourth-order valence-electron chi connectivity index (χ4n) is 1.43. The summed E-state index contributed by atoms with van der Waals surface area (Å²) in [6.45, 7) is 0. The number of rotatable bonds is 3. The van der Waals surface area contributed by atoms with E-state index in [1.54, 1.807) is 0 Å². The van der Waals surface area contributed by atoms with Crippen molar-refractivity contribution in [2.45, 2.75) is 6.18 Å². The van der Waals surface area contributed by atoms with Crippen molar-refractivity contribution in [1.29, 1.82) is 15.8 Å². The molecule has 5 nitrogen and oxygen atoms in total. The highest BCUT2D eigenvalue weighted by Gasteiger charge is 2.35. The molecule has 0 aliphatic carbocycles. The molecule has 0 aliphatic rings. The highest BCUT2D eigenvalue weighted by molar-refractivity contribution is 6.34. The van der Waals surface area contributed by atoms with E-state index >= 15 is 0 Å². The Labute approximate surface area is 128 Å². The lowest BCUT2D eigenvalue weighted by Crippen LogP contribution is -2.09. The van der Waals surface area contributed by atoms with Gasteiger partial charge in [0, 0.05) is 6.07 Å². The van der Waals surface area contributed by atoms with Crippen LogP contribution in [0.25, 0.3) is 0 Å². The summed E-state index contributed by atoms with van der Waals surface area (Å²) in [7, 11) is 1.16. The zero-order valence-corrected chi connectivity index (χ0v) is 11.7. The van der Waals surface area contributed by atoms with Gasteiger partial charge in [0.1, 0.15) is 29.7 Å². The maximum absolute atomic E-state index is 12.9. The summed E-state index contributed by atoms with van der Waals surface area (Å²) in [4.78, 5) is 0. The van der Waals surface area contributed by atoms with Crippen LogP contribution in [0.4, 0.5) is 18.9 Å². The number of nitrogens with one attached hydrogen (secondary N) is 1. The molecule has 0 aliphatic heterocycles. The van der Waals surface area contributed by atoms with Crippen LogP contribution in [0.5, 0.6) is 5.75 Å². The Morgan fingerprint density at radius 3 is 2.18 bits per heavy atom. The minimum Gasteiger partial charge on any atom is -0.497 e. The first-order chi connectivity index (χ1) is 10.3. The molecule has 0 saturated carbocycles. The van der Waals surface area contributed by atoms with Crippen molar-refractivity contribution >= 4 is 17.3 Å². The molecule has 9 heteroatoms. The number of alkyl halides is 3. The second kappa shape index (κ2) is 6.71. The Morgan fingerprint density at radius 1 is 1.18 bits per heavy atom. The fourth-order valence-corrected chi connectivity index (χ4v) is 1.69. The van der Waals surface area contributed by atoms with Gasteiger partial charge in [-0.1, -0.05) is 11.6 Å². The van der Waals surface area contributed by atoms with Crippen molar-refractivity contribution in [1.82, 2.24) is 0 Å². The first-order valence-corrected chi connectivity index (χ1v) is 5.82. The Morgan fingerprint density at radius 2 is 1.77 bits per heavy atom. The summed E-state index contributed by atoms with van der Waals surface area (Å²) < 4.78 is 43.5. The Bertz CT molecular complexity index is 735. The van der Waals surface area contributed by atoms with Gasteiger partial charge in [0.15, 0.2) is 5.57 Å². The van der Waals surface area contributed by atoms with Crippen LogP contribution in [0.2, 0.25) is 5.02 Å². The molecule has 0 aromatic heterocycles. The predicted octanol–water partition coefficient (Wildman–Crippen LogP) is 3.60. The van der Waals surface area contributed by atoms with Gasteiger partial charge in [-0.2, -0.15) is 29.0 Å². The number of hydrogen-bond acceptors (Lipinski definition) is 5. The molecule has 0 spiro atoms. The molecule has 1 N–H and O–H groups in total. The molecule has 112 valence electrons. The van der Waals surface area contributed by atoms with Crippen molar-refractivity contribution in [3.8, 4) is 24.0 Å². The van der Waals surface area contributed by atoms with Crippen molar-refractivity contribution in [2.24, 2.45) is 0 Å². The monoisotopic (exact) mass is 326 g/mol. The van der Waals surface area contributed by atoms with Gasteiger partial charge in [0.2, 0.25) is 0 Å². The second-order valence-electron chi connectivity index (χ2n) is 3.74. The number of allylic oxidation sites excluding steroid dienone is 2. The SMILES string of the molecule is COc1cc(NC(C#N)=C(C#N)C#N)c(Cl)c(C(F)(F)F)c1. The molecule has 0 amide bonds. The normalized spacial score (nSPS) is 9.91. The average Bonchev–Trinajstić information content (AvgIpc) is 2.47. The van der Waals surface area contributed by atoms with Gasteiger partial charge in [-0.05, 0) is 6.07 Å². The lowest BCUT2D eigenvalue weighted by Gasteiger charge is -2.15. The number of anilines is 1. The second-order valence-corrected chi connectivity index (χ2v) is 4.12. The third-order valence-corrected chi connectivity index (χ3v) is 2.84. The number of nitriles is 3. The van der Waals surface area contributed by atoms with Crippen LogP contribution in [0, 0.1) is 34.0 Å². The largest absolute Gasteiger partial charge is 0.497 e. The van der Waals surface area contributed by atoms with E-state index in [0.717, 1.165) is 13.2 Å². The van der Waals surface area contributed by atoms with Crippen LogP contribution < -0.4 is 10.1 Å². The molecule has 0 heterocycles. The Balaban J connectivity index is 3.51. The van der Waals surface area contributed by atoms with E-state index in [1.165, 1.54) is 18.2 Å². The zero-order valence-electron chi connectivity index (χ0n) is 10.9. The van der Waals surface area contributed by atoms with Crippen LogP contribution in [-0.4, -0.2) is 7.11 Å². The van der Waals surface area contributed by atoms with Crippen LogP contribution in [0.15, 0.2) is 23.4 Å². The van der Waals surface area contributed by atoms with Gasteiger partial charge < -0.3 is 10.1 Å². The van der Waals surface area contributed by atoms with Gasteiger partial charge in [-0.3, -0.25) is 0 Å². The minimum atomic E-state index is -4.74. The smallest absolute Gasteiger partial charge is 0.418 e. The van der Waals surface area contributed by atoms with E-state index in [0.29, 0.717) is 6.07 Å².